The third-order valence-electron chi connectivity index (χ3n) is 5.20. The van der Waals surface area contributed by atoms with Crippen molar-refractivity contribution in [2.24, 2.45) is 0 Å². The van der Waals surface area contributed by atoms with E-state index in [0.29, 0.717) is 24.7 Å². The van der Waals surface area contributed by atoms with E-state index in [0.717, 1.165) is 18.5 Å². The van der Waals surface area contributed by atoms with Gasteiger partial charge >= 0.3 is 5.69 Å². The molecule has 0 amide bonds. The van der Waals surface area contributed by atoms with Gasteiger partial charge in [-0.3, -0.25) is 13.9 Å². The molecule has 0 aliphatic heterocycles. The van der Waals surface area contributed by atoms with Crippen LogP contribution in [0.15, 0.2) is 46.1 Å². The van der Waals surface area contributed by atoms with Gasteiger partial charge in [0.1, 0.15) is 0 Å². The summed E-state index contributed by atoms with van der Waals surface area (Å²) in [7, 11) is 0. The van der Waals surface area contributed by atoms with E-state index in [1.54, 1.807) is 17.7 Å². The van der Waals surface area contributed by atoms with Gasteiger partial charge in [0.2, 0.25) is 0 Å². The molecule has 1 N–H and O–H groups in total. The molecule has 1 aromatic carbocycles. The Morgan fingerprint density at radius 3 is 2.54 bits per heavy atom. The van der Waals surface area contributed by atoms with Crippen LogP contribution >= 0.6 is 0 Å². The van der Waals surface area contributed by atoms with Crippen LogP contribution in [0.1, 0.15) is 49.7 Å². The number of aromatic nitrogens is 2. The van der Waals surface area contributed by atoms with Gasteiger partial charge in [0.15, 0.2) is 0 Å². The molecule has 1 fully saturated rings. The predicted molar refractivity (Wildman–Crippen MR) is 105 cm³/mol. The van der Waals surface area contributed by atoms with Crippen molar-refractivity contribution in [3.8, 4) is 0 Å². The first-order valence-electron chi connectivity index (χ1n) is 9.73. The van der Waals surface area contributed by atoms with Crippen LogP contribution in [0, 0.1) is 6.92 Å². The van der Waals surface area contributed by atoms with E-state index >= 15 is 0 Å². The Hall–Kier alpha value is -2.14. The van der Waals surface area contributed by atoms with E-state index in [2.05, 4.69) is 5.32 Å². The molecular weight excluding hydrogens is 326 g/mol. The smallest absolute Gasteiger partial charge is 0.314 e. The van der Waals surface area contributed by atoms with Crippen LogP contribution < -0.4 is 16.6 Å². The van der Waals surface area contributed by atoms with Crippen LogP contribution in [0.2, 0.25) is 0 Å². The van der Waals surface area contributed by atoms with Crippen LogP contribution in [0.4, 0.5) is 0 Å². The quantitative estimate of drug-likeness (QED) is 0.777. The van der Waals surface area contributed by atoms with E-state index in [4.69, 9.17) is 0 Å². The van der Waals surface area contributed by atoms with Gasteiger partial charge in [-0.15, -0.1) is 0 Å². The highest BCUT2D eigenvalue weighted by Crippen LogP contribution is 2.17. The van der Waals surface area contributed by atoms with Crippen molar-refractivity contribution in [2.45, 2.75) is 64.6 Å². The molecule has 1 heterocycles. The molecule has 0 atom stereocenters. The normalized spacial score (nSPS) is 15.3. The highest BCUT2D eigenvalue weighted by atomic mass is 16.2. The van der Waals surface area contributed by atoms with Gasteiger partial charge in [0.25, 0.3) is 5.56 Å². The molecule has 1 aromatic heterocycles. The fraction of sp³-hybridized carbons (Fsp3) is 0.524. The van der Waals surface area contributed by atoms with E-state index < -0.39 is 0 Å². The molecule has 3 rings (SSSR count). The van der Waals surface area contributed by atoms with Gasteiger partial charge in [0.05, 0.1) is 6.54 Å². The van der Waals surface area contributed by atoms with E-state index in [1.807, 2.05) is 30.3 Å². The predicted octanol–water partition coefficient (Wildman–Crippen LogP) is 2.68. The van der Waals surface area contributed by atoms with Crippen molar-refractivity contribution in [1.29, 1.82) is 0 Å². The molecule has 1 aliphatic carbocycles. The molecule has 140 valence electrons. The van der Waals surface area contributed by atoms with Crippen LogP contribution in [0.3, 0.4) is 0 Å². The molecule has 0 bridgehead atoms. The van der Waals surface area contributed by atoms with E-state index in [1.165, 1.54) is 36.7 Å². The maximum Gasteiger partial charge on any atom is 0.331 e. The van der Waals surface area contributed by atoms with Gasteiger partial charge in [-0.05, 0) is 38.3 Å². The second-order valence-corrected chi connectivity index (χ2v) is 7.31. The number of aryl methyl sites for hydroxylation is 1. The fourth-order valence-electron chi connectivity index (χ4n) is 3.74. The Balaban J connectivity index is 1.66. The fourth-order valence-corrected chi connectivity index (χ4v) is 3.74. The summed E-state index contributed by atoms with van der Waals surface area (Å²) < 4.78 is 3.03. The first-order chi connectivity index (χ1) is 12.6. The van der Waals surface area contributed by atoms with Gasteiger partial charge in [-0.1, -0.05) is 49.6 Å². The lowest BCUT2D eigenvalue weighted by molar-refractivity contribution is 0.367. The Bertz CT molecular complexity index is 817. The number of hydrogen-bond acceptors (Lipinski definition) is 3. The summed E-state index contributed by atoms with van der Waals surface area (Å²) in [5.41, 5.74) is 1.28. The number of benzene rings is 1. The largest absolute Gasteiger partial charge is 0.331 e. The van der Waals surface area contributed by atoms with Crippen molar-refractivity contribution < 1.29 is 0 Å². The molecule has 5 heteroatoms. The topological polar surface area (TPSA) is 56.0 Å². The van der Waals surface area contributed by atoms with Gasteiger partial charge in [-0.25, -0.2) is 4.79 Å². The summed E-state index contributed by atoms with van der Waals surface area (Å²) in [4.78, 5) is 25.2. The zero-order chi connectivity index (χ0) is 18.4. The Labute approximate surface area is 154 Å². The third-order valence-corrected chi connectivity index (χ3v) is 5.20. The summed E-state index contributed by atoms with van der Waals surface area (Å²) >= 11 is 0. The highest BCUT2D eigenvalue weighted by Gasteiger charge is 2.13. The van der Waals surface area contributed by atoms with Gasteiger partial charge < -0.3 is 5.32 Å². The summed E-state index contributed by atoms with van der Waals surface area (Å²) in [6.07, 6.45) is 8.91. The maximum absolute atomic E-state index is 12.7. The van der Waals surface area contributed by atoms with Crippen molar-refractivity contribution in [3.05, 3.63) is 68.5 Å². The second-order valence-electron chi connectivity index (χ2n) is 7.31. The molecule has 0 radical (unpaired) electrons. The van der Waals surface area contributed by atoms with Crippen LogP contribution in [0.25, 0.3) is 0 Å². The highest BCUT2D eigenvalue weighted by molar-refractivity contribution is 5.15. The summed E-state index contributed by atoms with van der Waals surface area (Å²) in [6.45, 7) is 3.58. The van der Waals surface area contributed by atoms with Gasteiger partial charge in [-0.2, -0.15) is 0 Å². The average Bonchev–Trinajstić information content (AvgIpc) is 2.67. The van der Waals surface area contributed by atoms with Crippen molar-refractivity contribution in [2.75, 3.05) is 6.54 Å². The first kappa shape index (κ1) is 18.6. The molecule has 0 spiro atoms. The summed E-state index contributed by atoms with van der Waals surface area (Å²) in [6, 6.07) is 10.5. The molecule has 5 nitrogen and oxygen atoms in total. The Morgan fingerprint density at radius 1 is 1.08 bits per heavy atom. The molecule has 2 aromatic rings. The molecule has 1 saturated carbocycles. The Kier molecular flexibility index (Phi) is 6.45. The molecular formula is C21H29N3O2. The minimum atomic E-state index is -0.220. The van der Waals surface area contributed by atoms with E-state index in [-0.39, 0.29) is 11.2 Å². The molecule has 26 heavy (non-hydrogen) atoms. The standard InChI is InChI=1S/C21H29N3O2/c1-17-15-23(16-18-9-4-2-5-10-18)21(26)24(20(17)25)14-8-13-22-19-11-6-3-7-12-19/h2,4-5,9-10,15,19,22H,3,6-8,11-14,16H2,1H3. The molecule has 1 aliphatic rings. The minimum Gasteiger partial charge on any atom is -0.314 e. The lowest BCUT2D eigenvalue weighted by atomic mass is 9.95. The molecule has 0 unspecified atom stereocenters. The molecule has 0 saturated heterocycles. The minimum absolute atomic E-state index is 0.169. The number of rotatable bonds is 7. The SMILES string of the molecule is Cc1cn(Cc2ccccc2)c(=O)n(CCCNC2CCCCC2)c1=O. The lowest BCUT2D eigenvalue weighted by Crippen LogP contribution is -2.41. The van der Waals surface area contributed by atoms with Crippen molar-refractivity contribution in [1.82, 2.24) is 14.5 Å². The monoisotopic (exact) mass is 355 g/mol. The van der Waals surface area contributed by atoms with Crippen LogP contribution in [0.5, 0.6) is 0 Å². The zero-order valence-electron chi connectivity index (χ0n) is 15.6. The number of nitrogens with one attached hydrogen (secondary N) is 1. The summed E-state index contributed by atoms with van der Waals surface area (Å²) in [5, 5.41) is 3.58. The van der Waals surface area contributed by atoms with Gasteiger partial charge in [0, 0.05) is 24.3 Å². The first-order valence-corrected chi connectivity index (χ1v) is 9.73. The second kappa shape index (κ2) is 8.99. The summed E-state index contributed by atoms with van der Waals surface area (Å²) in [5.74, 6) is 0. The van der Waals surface area contributed by atoms with Crippen LogP contribution in [-0.2, 0) is 13.1 Å². The lowest BCUT2D eigenvalue weighted by Gasteiger charge is -2.22. The maximum atomic E-state index is 12.7. The Morgan fingerprint density at radius 2 is 1.81 bits per heavy atom. The average molecular weight is 355 g/mol. The van der Waals surface area contributed by atoms with Crippen molar-refractivity contribution in [3.63, 3.8) is 0 Å². The third kappa shape index (κ3) is 4.73. The van der Waals surface area contributed by atoms with E-state index in [9.17, 15) is 9.59 Å². The zero-order valence-corrected chi connectivity index (χ0v) is 15.6. The number of nitrogens with zero attached hydrogens (tertiary/aromatic N) is 2. The van der Waals surface area contributed by atoms with Crippen LogP contribution in [-0.4, -0.2) is 21.7 Å². The number of hydrogen-bond donors (Lipinski definition) is 1. The van der Waals surface area contributed by atoms with Crippen molar-refractivity contribution >= 4 is 0 Å².